The molecule has 7 nitrogen and oxygen atoms in total. The Bertz CT molecular complexity index is 862. The van der Waals surface area contributed by atoms with E-state index in [1.807, 2.05) is 6.07 Å². The molecule has 0 spiro atoms. The molecule has 140 valence electrons. The molecule has 1 heterocycles. The van der Waals surface area contributed by atoms with Crippen LogP contribution in [-0.4, -0.2) is 39.2 Å². The average molecular weight is 396 g/mol. The highest BCUT2D eigenvalue weighted by atomic mass is 32.2. The van der Waals surface area contributed by atoms with Crippen LogP contribution in [0, 0.1) is 0 Å². The second kappa shape index (κ2) is 8.93. The molecule has 0 saturated carbocycles. The normalized spacial score (nSPS) is 12.4. The molecule has 26 heavy (non-hydrogen) atoms. The third-order valence-corrected chi connectivity index (χ3v) is 5.15. The van der Waals surface area contributed by atoms with Crippen molar-refractivity contribution in [3.05, 3.63) is 52.2 Å². The van der Waals surface area contributed by atoms with Gasteiger partial charge in [0.25, 0.3) is 5.91 Å². The van der Waals surface area contributed by atoms with Crippen molar-refractivity contribution in [1.29, 1.82) is 0 Å². The van der Waals surface area contributed by atoms with Crippen molar-refractivity contribution in [2.75, 3.05) is 18.1 Å². The first-order valence-electron chi connectivity index (χ1n) is 7.85. The van der Waals surface area contributed by atoms with Crippen molar-refractivity contribution in [3.63, 3.8) is 0 Å². The van der Waals surface area contributed by atoms with Crippen LogP contribution in [0.15, 0.2) is 42.5 Å². The number of benzene rings is 1. The highest BCUT2D eigenvalue weighted by Gasteiger charge is 2.20. The molecule has 0 aliphatic carbocycles. The number of rotatable bonds is 8. The van der Waals surface area contributed by atoms with Crippen LogP contribution in [0.3, 0.4) is 0 Å². The Morgan fingerprint density at radius 2 is 1.85 bits per heavy atom. The van der Waals surface area contributed by atoms with E-state index in [1.165, 1.54) is 18.3 Å². The molecule has 0 bridgehead atoms. The molecular weight excluding hydrogens is 376 g/mol. The van der Waals surface area contributed by atoms with Gasteiger partial charge in [0, 0.05) is 17.1 Å². The smallest absolute Gasteiger partial charge is 0.349 e. The molecule has 9 heteroatoms. The zero-order valence-corrected chi connectivity index (χ0v) is 16.0. The minimum atomic E-state index is -3.24. The number of nitrogens with one attached hydrogen (secondary N) is 2. The number of amides is 1. The first-order valence-corrected chi connectivity index (χ1v) is 10.6. The van der Waals surface area contributed by atoms with Gasteiger partial charge in [-0.15, -0.1) is 11.3 Å². The van der Waals surface area contributed by atoms with Gasteiger partial charge in [0.15, 0.2) is 6.10 Å². The minimum Gasteiger partial charge on any atom is -0.448 e. The van der Waals surface area contributed by atoms with Gasteiger partial charge in [-0.1, -0.05) is 18.2 Å². The summed E-state index contributed by atoms with van der Waals surface area (Å²) in [6, 6.07) is 12.2. The molecule has 2 N–H and O–H groups in total. The fraction of sp³-hybridized carbons (Fsp3) is 0.294. The topological polar surface area (TPSA) is 102 Å². The number of ether oxygens (including phenoxy) is 1. The van der Waals surface area contributed by atoms with Gasteiger partial charge in [-0.2, -0.15) is 0 Å². The van der Waals surface area contributed by atoms with Crippen molar-refractivity contribution in [2.45, 2.75) is 19.4 Å². The van der Waals surface area contributed by atoms with Crippen LogP contribution in [0.1, 0.15) is 21.5 Å². The van der Waals surface area contributed by atoms with Gasteiger partial charge in [0.2, 0.25) is 10.0 Å². The number of hydrogen-bond acceptors (Lipinski definition) is 6. The van der Waals surface area contributed by atoms with E-state index >= 15 is 0 Å². The van der Waals surface area contributed by atoms with Crippen LogP contribution in [0.4, 0.5) is 5.69 Å². The molecule has 1 aromatic carbocycles. The van der Waals surface area contributed by atoms with E-state index < -0.39 is 28.0 Å². The second-order valence-electron chi connectivity index (χ2n) is 5.59. The van der Waals surface area contributed by atoms with Crippen molar-refractivity contribution in [2.24, 2.45) is 0 Å². The number of thiophene rings is 1. The molecular formula is C17H20N2O5S2. The first kappa shape index (κ1) is 20.1. The minimum absolute atomic E-state index is 0.254. The van der Waals surface area contributed by atoms with Gasteiger partial charge in [-0.3, -0.25) is 4.79 Å². The zero-order valence-electron chi connectivity index (χ0n) is 14.4. The van der Waals surface area contributed by atoms with Crippen molar-refractivity contribution in [1.82, 2.24) is 4.72 Å². The van der Waals surface area contributed by atoms with E-state index in [9.17, 15) is 18.0 Å². The molecule has 1 aromatic heterocycles. The molecule has 0 fully saturated rings. The Morgan fingerprint density at radius 1 is 1.15 bits per heavy atom. The summed E-state index contributed by atoms with van der Waals surface area (Å²) in [5, 5.41) is 2.67. The summed E-state index contributed by atoms with van der Waals surface area (Å²) < 4.78 is 29.6. The Kier molecular flexibility index (Phi) is 6.90. The first-order chi connectivity index (χ1) is 12.2. The summed E-state index contributed by atoms with van der Waals surface area (Å²) in [6.07, 6.45) is 0.612. The molecule has 1 atom stereocenters. The van der Waals surface area contributed by atoms with Crippen molar-refractivity contribution in [3.8, 4) is 0 Å². The van der Waals surface area contributed by atoms with E-state index in [4.69, 9.17) is 4.74 Å². The molecule has 2 aromatic rings. The fourth-order valence-electron chi connectivity index (χ4n) is 2.02. The summed E-state index contributed by atoms with van der Waals surface area (Å²) in [5.41, 5.74) is 0.622. The van der Waals surface area contributed by atoms with E-state index in [2.05, 4.69) is 10.0 Å². The van der Waals surface area contributed by atoms with Crippen LogP contribution >= 0.6 is 11.3 Å². The highest BCUT2D eigenvalue weighted by Crippen LogP contribution is 2.19. The van der Waals surface area contributed by atoms with Crippen LogP contribution in [-0.2, 0) is 26.0 Å². The lowest BCUT2D eigenvalue weighted by atomic mass is 10.3. The van der Waals surface area contributed by atoms with Crippen LogP contribution in [0.2, 0.25) is 0 Å². The predicted octanol–water partition coefficient (Wildman–Crippen LogP) is 2.02. The van der Waals surface area contributed by atoms with Crippen molar-refractivity contribution < 1.29 is 22.7 Å². The number of para-hydroxylation sites is 1. The SMILES string of the molecule is CC(OC(=O)c1ccc(CCNS(C)(=O)=O)s1)C(=O)Nc1ccccc1. The van der Waals surface area contributed by atoms with Crippen LogP contribution in [0.25, 0.3) is 0 Å². The number of esters is 1. The molecule has 0 saturated heterocycles. The summed E-state index contributed by atoms with van der Waals surface area (Å²) in [5.74, 6) is -1.01. The maximum atomic E-state index is 12.2. The maximum Gasteiger partial charge on any atom is 0.349 e. The molecule has 0 aliphatic rings. The number of carbonyl (C=O) groups is 2. The van der Waals surface area contributed by atoms with Gasteiger partial charge < -0.3 is 10.1 Å². The van der Waals surface area contributed by atoms with Gasteiger partial charge >= 0.3 is 5.97 Å². The Balaban J connectivity index is 1.86. The third kappa shape index (κ3) is 6.58. The summed E-state index contributed by atoms with van der Waals surface area (Å²) in [7, 11) is -3.24. The molecule has 2 rings (SSSR count). The van der Waals surface area contributed by atoms with Crippen LogP contribution < -0.4 is 10.0 Å². The highest BCUT2D eigenvalue weighted by molar-refractivity contribution is 7.88. The zero-order chi connectivity index (χ0) is 19.2. The molecule has 0 aliphatic heterocycles. The number of hydrogen-bond donors (Lipinski definition) is 2. The van der Waals surface area contributed by atoms with Gasteiger partial charge in [-0.05, 0) is 37.6 Å². The van der Waals surface area contributed by atoms with Gasteiger partial charge in [0.1, 0.15) is 4.88 Å². The second-order valence-corrected chi connectivity index (χ2v) is 8.59. The lowest BCUT2D eigenvalue weighted by molar-refractivity contribution is -0.123. The number of sulfonamides is 1. The number of carbonyl (C=O) groups excluding carboxylic acids is 2. The van der Waals surface area contributed by atoms with E-state index in [0.29, 0.717) is 17.0 Å². The molecule has 0 radical (unpaired) electrons. The quantitative estimate of drug-likeness (QED) is 0.665. The van der Waals surface area contributed by atoms with E-state index in [1.54, 1.807) is 36.4 Å². The van der Waals surface area contributed by atoms with E-state index in [-0.39, 0.29) is 6.54 Å². The molecule has 1 unspecified atom stereocenters. The summed E-state index contributed by atoms with van der Waals surface area (Å²) in [4.78, 5) is 25.4. The Hall–Kier alpha value is -2.23. The summed E-state index contributed by atoms with van der Waals surface area (Å²) >= 11 is 1.21. The summed E-state index contributed by atoms with van der Waals surface area (Å²) in [6.45, 7) is 1.75. The van der Waals surface area contributed by atoms with Gasteiger partial charge in [-0.25, -0.2) is 17.9 Å². The monoisotopic (exact) mass is 396 g/mol. The average Bonchev–Trinajstić information content (AvgIpc) is 3.03. The van der Waals surface area contributed by atoms with Gasteiger partial charge in [0.05, 0.1) is 6.26 Å². The largest absolute Gasteiger partial charge is 0.448 e. The molecule has 1 amide bonds. The standard InChI is InChI=1S/C17H20N2O5S2/c1-12(16(20)19-13-6-4-3-5-7-13)24-17(21)15-9-8-14(25-15)10-11-18-26(2,22)23/h3-9,12,18H,10-11H2,1-2H3,(H,19,20). The number of anilines is 1. The van der Waals surface area contributed by atoms with Crippen LogP contribution in [0.5, 0.6) is 0 Å². The lowest BCUT2D eigenvalue weighted by Gasteiger charge is -2.12. The fourth-order valence-corrected chi connectivity index (χ4v) is 3.38. The van der Waals surface area contributed by atoms with E-state index in [0.717, 1.165) is 11.1 Å². The van der Waals surface area contributed by atoms with Crippen molar-refractivity contribution >= 4 is 38.9 Å². The Labute approximate surface area is 156 Å². The predicted molar refractivity (Wildman–Crippen MR) is 101 cm³/mol. The Morgan fingerprint density at radius 3 is 2.50 bits per heavy atom. The lowest BCUT2D eigenvalue weighted by Crippen LogP contribution is -2.29. The third-order valence-electron chi connectivity index (χ3n) is 3.29. The maximum absolute atomic E-state index is 12.2.